The molecule has 0 amide bonds. The predicted octanol–water partition coefficient (Wildman–Crippen LogP) is 8.39. The fourth-order valence-electron chi connectivity index (χ4n) is 4.56. The zero-order chi connectivity index (χ0) is 34.1. The van der Waals surface area contributed by atoms with Gasteiger partial charge in [0.25, 0.3) is 0 Å². The Morgan fingerprint density at radius 2 is 0.520 bits per heavy atom. The third-order valence-electron chi connectivity index (χ3n) is 7.32. The molecule has 0 aliphatic heterocycles. The van der Waals surface area contributed by atoms with Crippen molar-refractivity contribution in [3.05, 3.63) is 119 Å². The molecule has 274 valence electrons. The Kier molecular flexibility index (Phi) is 24.2. The normalized spacial score (nSPS) is 11.0. The van der Waals surface area contributed by atoms with Gasteiger partial charge in [-0.2, -0.15) is 0 Å². The number of unbranched alkanes of at least 4 members (excludes halogenated alkanes) is 6. The Hall–Kier alpha value is -4.20. The Morgan fingerprint density at radius 3 is 0.720 bits per heavy atom. The number of nitrogens with zero attached hydrogens (tertiary/aromatic N) is 4. The van der Waals surface area contributed by atoms with Crippen LogP contribution < -0.4 is 0 Å². The van der Waals surface area contributed by atoms with E-state index in [1.54, 1.807) is 73.4 Å². The summed E-state index contributed by atoms with van der Waals surface area (Å²) in [4.78, 5) is 17.4. The first kappa shape index (κ1) is 43.8. The van der Waals surface area contributed by atoms with Gasteiger partial charge in [0.15, 0.2) is 0 Å². The summed E-state index contributed by atoms with van der Waals surface area (Å²) in [5.74, 6) is 1.07. The molecule has 4 N–H and O–H groups in total. The molecule has 0 unspecified atom stereocenters. The number of phenolic OH excluding ortho intramolecular Hbond substituents is 4. The van der Waals surface area contributed by atoms with Crippen molar-refractivity contribution in [2.45, 2.75) is 51.4 Å². The van der Waals surface area contributed by atoms with E-state index < -0.39 is 0 Å². The van der Waals surface area contributed by atoms with Gasteiger partial charge in [-0.15, -0.1) is 0 Å². The van der Waals surface area contributed by atoms with Crippen LogP contribution in [0.1, 0.15) is 73.6 Å². The van der Waals surface area contributed by atoms with E-state index >= 15 is 0 Å². The number of rotatable bonds is 18. The minimum Gasteiger partial charge on any atom is -0.507 e. The maximum absolute atomic E-state index is 9.61. The molecule has 0 spiro atoms. The van der Waals surface area contributed by atoms with Gasteiger partial charge in [0.1, 0.15) is 23.0 Å². The van der Waals surface area contributed by atoms with Gasteiger partial charge in [0, 0.05) is 107 Å². The second kappa shape index (κ2) is 27.6. The number of benzene rings is 4. The summed E-state index contributed by atoms with van der Waals surface area (Å²) in [6.07, 6.45) is 15.5. The number of hydrogen-bond donors (Lipinski definition) is 4. The molecule has 0 saturated heterocycles. The number of phenols is 4. The number of para-hydroxylation sites is 4. The molecular weight excluding hydrogens is 728 g/mol. The van der Waals surface area contributed by atoms with Crippen LogP contribution in [0.2, 0.25) is 0 Å². The molecule has 4 rings (SSSR count). The number of aromatic hydroxyl groups is 4. The smallest absolute Gasteiger partial charge is 0.124 e. The quantitative estimate of drug-likeness (QED) is 0.0460. The molecule has 10 heteroatoms. The van der Waals surface area contributed by atoms with Crippen molar-refractivity contribution in [3.8, 4) is 23.0 Å². The molecule has 0 heterocycles. The van der Waals surface area contributed by atoms with Crippen LogP contribution in [0.4, 0.5) is 0 Å². The van der Waals surface area contributed by atoms with Crippen molar-refractivity contribution >= 4 is 24.9 Å². The van der Waals surface area contributed by atoms with Crippen molar-refractivity contribution < 1.29 is 54.6 Å². The molecule has 4 aromatic carbocycles. The summed E-state index contributed by atoms with van der Waals surface area (Å²) in [7, 11) is 0. The Balaban J connectivity index is 0.000000481. The standard InChI is InChI=1S/2C20H24N2O2.2Cu/c2*23-19-11-5-3-9-17(19)15-21-13-7-1-2-8-14-22-16-18-10-4-6-12-20(18)24;;/h2*3-6,9-12,15-16,23-24H,1-2,7-8,13-14H2;;. The van der Waals surface area contributed by atoms with Crippen LogP contribution in [0.3, 0.4) is 0 Å². The van der Waals surface area contributed by atoms with Crippen molar-refractivity contribution in [2.24, 2.45) is 20.0 Å². The SMILES string of the molecule is Oc1ccccc1C=NCCCCCCN=Cc1ccccc1O.Oc1ccccc1C=NCCCCCCN=Cc1ccccc1O.[Cu].[Cu]. The van der Waals surface area contributed by atoms with E-state index in [0.717, 1.165) is 99.8 Å². The zero-order valence-corrected chi connectivity index (χ0v) is 30.1. The molecule has 0 aliphatic carbocycles. The average Bonchev–Trinajstić information content (AvgIpc) is 3.10. The van der Waals surface area contributed by atoms with E-state index in [-0.39, 0.29) is 57.1 Å². The first-order valence-corrected chi connectivity index (χ1v) is 16.7. The van der Waals surface area contributed by atoms with Gasteiger partial charge in [-0.25, -0.2) is 0 Å². The summed E-state index contributed by atoms with van der Waals surface area (Å²) < 4.78 is 0. The monoisotopic (exact) mass is 774 g/mol. The van der Waals surface area contributed by atoms with E-state index in [1.807, 2.05) is 48.5 Å². The van der Waals surface area contributed by atoms with Crippen molar-refractivity contribution in [1.82, 2.24) is 0 Å². The van der Waals surface area contributed by atoms with E-state index in [2.05, 4.69) is 20.0 Å². The van der Waals surface area contributed by atoms with Crippen LogP contribution in [-0.2, 0) is 34.1 Å². The second-order valence-electron chi connectivity index (χ2n) is 11.2. The van der Waals surface area contributed by atoms with Gasteiger partial charge in [-0.1, -0.05) is 74.2 Å². The fourth-order valence-corrected chi connectivity index (χ4v) is 4.56. The van der Waals surface area contributed by atoms with E-state index in [4.69, 9.17) is 0 Å². The van der Waals surface area contributed by atoms with Gasteiger partial charge < -0.3 is 20.4 Å². The molecule has 2 radical (unpaired) electrons. The van der Waals surface area contributed by atoms with E-state index in [1.165, 1.54) is 0 Å². The average molecular weight is 776 g/mol. The second-order valence-corrected chi connectivity index (χ2v) is 11.2. The van der Waals surface area contributed by atoms with Crippen LogP contribution >= 0.6 is 0 Å². The van der Waals surface area contributed by atoms with Crippen molar-refractivity contribution in [1.29, 1.82) is 0 Å². The minimum absolute atomic E-state index is 0. The number of aliphatic imine (C=N–C) groups is 4. The van der Waals surface area contributed by atoms with Crippen molar-refractivity contribution in [3.63, 3.8) is 0 Å². The van der Waals surface area contributed by atoms with Gasteiger partial charge >= 0.3 is 0 Å². The molecule has 0 atom stereocenters. The third kappa shape index (κ3) is 18.5. The van der Waals surface area contributed by atoms with Gasteiger partial charge in [-0.3, -0.25) is 20.0 Å². The summed E-state index contributed by atoms with van der Waals surface area (Å²) in [6, 6.07) is 28.8. The first-order valence-electron chi connectivity index (χ1n) is 16.7. The maximum Gasteiger partial charge on any atom is 0.124 e. The molecule has 50 heavy (non-hydrogen) atoms. The summed E-state index contributed by atoms with van der Waals surface area (Å²) >= 11 is 0. The molecular formula is C40H48Cu2N4O4. The first-order chi connectivity index (χ1) is 23.5. The van der Waals surface area contributed by atoms with E-state index in [0.29, 0.717) is 0 Å². The molecule has 0 aliphatic rings. The molecule has 0 saturated carbocycles. The largest absolute Gasteiger partial charge is 0.507 e. The van der Waals surface area contributed by atoms with Gasteiger partial charge in [0.05, 0.1) is 0 Å². The maximum atomic E-state index is 9.61. The van der Waals surface area contributed by atoms with Crippen LogP contribution in [-0.4, -0.2) is 71.5 Å². The van der Waals surface area contributed by atoms with Crippen LogP contribution in [0.5, 0.6) is 23.0 Å². The summed E-state index contributed by atoms with van der Waals surface area (Å²) in [5.41, 5.74) is 3.04. The molecule has 0 bridgehead atoms. The number of hydrogen-bond acceptors (Lipinski definition) is 8. The summed E-state index contributed by atoms with van der Waals surface area (Å²) in [6.45, 7) is 3.09. The van der Waals surface area contributed by atoms with Crippen LogP contribution in [0.15, 0.2) is 117 Å². The van der Waals surface area contributed by atoms with Gasteiger partial charge in [-0.05, 0) is 74.2 Å². The fraction of sp³-hybridized carbons (Fsp3) is 0.300. The topological polar surface area (TPSA) is 130 Å². The molecule has 0 fully saturated rings. The van der Waals surface area contributed by atoms with E-state index in [9.17, 15) is 20.4 Å². The predicted molar refractivity (Wildman–Crippen MR) is 199 cm³/mol. The van der Waals surface area contributed by atoms with Crippen LogP contribution in [0.25, 0.3) is 0 Å². The Bertz CT molecular complexity index is 1370. The molecule has 4 aromatic rings. The summed E-state index contributed by atoms with van der Waals surface area (Å²) in [5, 5.41) is 38.5. The Morgan fingerprint density at radius 1 is 0.320 bits per heavy atom. The zero-order valence-electron chi connectivity index (χ0n) is 28.2. The molecule has 8 nitrogen and oxygen atoms in total. The minimum atomic E-state index is 0. The Labute approximate surface area is 317 Å². The van der Waals surface area contributed by atoms with Gasteiger partial charge in [0.2, 0.25) is 0 Å². The third-order valence-corrected chi connectivity index (χ3v) is 7.32. The van der Waals surface area contributed by atoms with Crippen molar-refractivity contribution in [2.75, 3.05) is 26.2 Å². The molecule has 0 aromatic heterocycles. The van der Waals surface area contributed by atoms with Crippen LogP contribution in [0, 0.1) is 0 Å².